The van der Waals surface area contributed by atoms with Crippen LogP contribution in [0.3, 0.4) is 0 Å². The van der Waals surface area contributed by atoms with E-state index in [0.717, 1.165) is 25.6 Å². The van der Waals surface area contributed by atoms with Crippen molar-refractivity contribution in [2.75, 3.05) is 13.1 Å². The molecular formula is C21H18F4N4O2. The summed E-state index contributed by atoms with van der Waals surface area (Å²) in [5.74, 6) is -3.40. The Hall–Kier alpha value is -3.27. The van der Waals surface area contributed by atoms with Crippen molar-refractivity contribution in [2.45, 2.75) is 25.2 Å². The molecule has 6 nitrogen and oxygen atoms in total. The van der Waals surface area contributed by atoms with Gasteiger partial charge in [0.05, 0.1) is 5.56 Å². The van der Waals surface area contributed by atoms with Crippen molar-refractivity contribution in [3.8, 4) is 11.4 Å². The third-order valence-corrected chi connectivity index (χ3v) is 5.00. The van der Waals surface area contributed by atoms with Gasteiger partial charge in [-0.05, 0) is 24.1 Å². The standard InChI is InChI=1S/C21H18F4N4O2/c22-17-10-14(18-27-20(31-28-18)21(23,24)25)6-7-16(17)19(30)26-15-8-9-29(12-15)11-13-4-2-1-3-5-13/h1-7,10,15H,8-9,11-12H2,(H,26,30). The number of nitrogens with zero attached hydrogens (tertiary/aromatic N) is 3. The first-order chi connectivity index (χ1) is 14.8. The highest BCUT2D eigenvalue weighted by Gasteiger charge is 2.38. The van der Waals surface area contributed by atoms with Gasteiger partial charge >= 0.3 is 12.1 Å². The fourth-order valence-corrected chi connectivity index (χ4v) is 3.49. The van der Waals surface area contributed by atoms with Crippen molar-refractivity contribution >= 4 is 5.91 Å². The average Bonchev–Trinajstić information content (AvgIpc) is 3.38. The second-order valence-corrected chi connectivity index (χ2v) is 7.30. The molecule has 1 amide bonds. The number of carbonyl (C=O) groups is 1. The van der Waals surface area contributed by atoms with Crippen LogP contribution in [0.4, 0.5) is 17.6 Å². The molecule has 1 aliphatic heterocycles. The minimum Gasteiger partial charge on any atom is -0.348 e. The fourth-order valence-electron chi connectivity index (χ4n) is 3.49. The van der Waals surface area contributed by atoms with E-state index in [0.29, 0.717) is 6.54 Å². The Morgan fingerprint density at radius 1 is 1.19 bits per heavy atom. The van der Waals surface area contributed by atoms with Gasteiger partial charge in [-0.3, -0.25) is 9.69 Å². The molecule has 0 spiro atoms. The number of benzene rings is 2. The molecule has 162 valence electrons. The van der Waals surface area contributed by atoms with Crippen LogP contribution in [0, 0.1) is 5.82 Å². The molecule has 1 fully saturated rings. The van der Waals surface area contributed by atoms with Gasteiger partial charge in [-0.15, -0.1) is 0 Å². The molecule has 4 rings (SSSR count). The highest BCUT2D eigenvalue weighted by Crippen LogP contribution is 2.29. The van der Waals surface area contributed by atoms with Gasteiger partial charge in [0.2, 0.25) is 5.82 Å². The predicted molar refractivity (Wildman–Crippen MR) is 102 cm³/mol. The molecule has 31 heavy (non-hydrogen) atoms. The van der Waals surface area contributed by atoms with E-state index in [1.807, 2.05) is 30.3 Å². The zero-order valence-electron chi connectivity index (χ0n) is 16.2. The molecule has 1 unspecified atom stereocenters. The van der Waals surface area contributed by atoms with Crippen molar-refractivity contribution < 1.29 is 26.9 Å². The Bertz CT molecular complexity index is 1070. The molecule has 2 aromatic carbocycles. The molecule has 0 saturated carbocycles. The predicted octanol–water partition coefficient (Wildman–Crippen LogP) is 3.90. The summed E-state index contributed by atoms with van der Waals surface area (Å²) in [4.78, 5) is 17.9. The average molecular weight is 434 g/mol. The summed E-state index contributed by atoms with van der Waals surface area (Å²) in [5.41, 5.74) is 0.944. The number of carbonyl (C=O) groups excluding carboxylic acids is 1. The SMILES string of the molecule is O=C(NC1CCN(Cc2ccccc2)C1)c1ccc(-c2noc(C(F)(F)F)n2)cc1F. The zero-order chi connectivity index (χ0) is 22.0. The van der Waals surface area contributed by atoms with E-state index in [4.69, 9.17) is 0 Å². The van der Waals surface area contributed by atoms with Gasteiger partial charge in [0.15, 0.2) is 0 Å². The maximum atomic E-state index is 14.5. The summed E-state index contributed by atoms with van der Waals surface area (Å²) in [6, 6.07) is 13.2. The molecule has 0 bridgehead atoms. The first-order valence-electron chi connectivity index (χ1n) is 9.57. The first kappa shape index (κ1) is 21.0. The fraction of sp³-hybridized carbons (Fsp3) is 0.286. The lowest BCUT2D eigenvalue weighted by molar-refractivity contribution is -0.159. The quantitative estimate of drug-likeness (QED) is 0.617. The van der Waals surface area contributed by atoms with E-state index in [1.165, 1.54) is 17.7 Å². The third kappa shape index (κ3) is 4.91. The van der Waals surface area contributed by atoms with Crippen molar-refractivity contribution in [1.29, 1.82) is 0 Å². The second kappa shape index (κ2) is 8.46. The lowest BCUT2D eigenvalue weighted by atomic mass is 10.1. The molecule has 1 N–H and O–H groups in total. The van der Waals surface area contributed by atoms with E-state index < -0.39 is 29.6 Å². The molecule has 2 heterocycles. The second-order valence-electron chi connectivity index (χ2n) is 7.30. The number of hydrogen-bond acceptors (Lipinski definition) is 5. The van der Waals surface area contributed by atoms with E-state index in [2.05, 4.69) is 24.9 Å². The minimum absolute atomic E-state index is 0.0248. The van der Waals surface area contributed by atoms with Crippen LogP contribution in [0.15, 0.2) is 53.1 Å². The van der Waals surface area contributed by atoms with Gasteiger partial charge in [-0.2, -0.15) is 18.2 Å². The highest BCUT2D eigenvalue weighted by atomic mass is 19.4. The van der Waals surface area contributed by atoms with Crippen LogP contribution in [-0.4, -0.2) is 40.1 Å². The topological polar surface area (TPSA) is 71.3 Å². The normalized spacial score (nSPS) is 17.1. The number of hydrogen-bond donors (Lipinski definition) is 1. The van der Waals surface area contributed by atoms with Gasteiger partial charge in [-0.25, -0.2) is 4.39 Å². The van der Waals surface area contributed by atoms with Crippen molar-refractivity contribution in [3.63, 3.8) is 0 Å². The van der Waals surface area contributed by atoms with Crippen LogP contribution in [0.2, 0.25) is 0 Å². The van der Waals surface area contributed by atoms with Gasteiger partial charge in [-0.1, -0.05) is 41.6 Å². The Morgan fingerprint density at radius 2 is 1.97 bits per heavy atom. The van der Waals surface area contributed by atoms with Crippen molar-refractivity contribution in [2.24, 2.45) is 0 Å². The molecule has 0 aliphatic carbocycles. The Balaban J connectivity index is 1.38. The molecule has 10 heteroatoms. The van der Waals surface area contributed by atoms with Gasteiger partial charge in [0.1, 0.15) is 5.82 Å². The summed E-state index contributed by atoms with van der Waals surface area (Å²) in [7, 11) is 0. The Morgan fingerprint density at radius 3 is 2.65 bits per heavy atom. The minimum atomic E-state index is -4.79. The molecule has 1 atom stereocenters. The molecule has 1 aromatic heterocycles. The highest BCUT2D eigenvalue weighted by molar-refractivity contribution is 5.95. The Labute approximate surface area is 174 Å². The first-order valence-corrected chi connectivity index (χ1v) is 9.57. The number of likely N-dealkylation sites (tertiary alicyclic amines) is 1. The number of alkyl halides is 3. The summed E-state index contributed by atoms with van der Waals surface area (Å²) in [6.45, 7) is 2.21. The smallest absolute Gasteiger partial charge is 0.348 e. The molecule has 0 radical (unpaired) electrons. The van der Waals surface area contributed by atoms with Crippen LogP contribution in [0.5, 0.6) is 0 Å². The van der Waals surface area contributed by atoms with Crippen LogP contribution < -0.4 is 5.32 Å². The third-order valence-electron chi connectivity index (χ3n) is 5.00. The van der Waals surface area contributed by atoms with Crippen molar-refractivity contribution in [1.82, 2.24) is 20.4 Å². The van der Waals surface area contributed by atoms with Crippen molar-refractivity contribution in [3.05, 3.63) is 71.4 Å². The van der Waals surface area contributed by atoms with Crippen LogP contribution in [-0.2, 0) is 12.7 Å². The largest absolute Gasteiger partial charge is 0.471 e. The van der Waals surface area contributed by atoms with Crippen LogP contribution in [0.25, 0.3) is 11.4 Å². The lowest BCUT2D eigenvalue weighted by Gasteiger charge is -2.17. The van der Waals surface area contributed by atoms with Gasteiger partial charge in [0, 0.05) is 31.2 Å². The maximum absolute atomic E-state index is 14.5. The van der Waals surface area contributed by atoms with Gasteiger partial charge in [0.25, 0.3) is 5.91 Å². The summed E-state index contributed by atoms with van der Waals surface area (Å²) >= 11 is 0. The number of rotatable bonds is 5. The van der Waals surface area contributed by atoms with E-state index in [1.54, 1.807) is 0 Å². The van der Waals surface area contributed by atoms with E-state index in [9.17, 15) is 22.4 Å². The molecular weight excluding hydrogens is 416 g/mol. The Kier molecular flexibility index (Phi) is 5.73. The summed E-state index contributed by atoms with van der Waals surface area (Å²) in [5, 5.41) is 6.03. The molecule has 3 aromatic rings. The summed E-state index contributed by atoms with van der Waals surface area (Å²) in [6.07, 6.45) is -4.05. The molecule has 1 saturated heterocycles. The van der Waals surface area contributed by atoms with E-state index in [-0.39, 0.29) is 17.2 Å². The van der Waals surface area contributed by atoms with Crippen LogP contribution >= 0.6 is 0 Å². The number of nitrogens with one attached hydrogen (secondary N) is 1. The number of aromatic nitrogens is 2. The lowest BCUT2D eigenvalue weighted by Crippen LogP contribution is -2.37. The van der Waals surface area contributed by atoms with Gasteiger partial charge < -0.3 is 9.84 Å². The number of halogens is 4. The zero-order valence-corrected chi connectivity index (χ0v) is 16.2. The van der Waals surface area contributed by atoms with E-state index >= 15 is 0 Å². The molecule has 1 aliphatic rings. The number of amides is 1. The van der Waals surface area contributed by atoms with Crippen LogP contribution in [0.1, 0.15) is 28.2 Å². The maximum Gasteiger partial charge on any atom is 0.471 e. The summed E-state index contributed by atoms with van der Waals surface area (Å²) < 4.78 is 56.4. The monoisotopic (exact) mass is 434 g/mol.